The lowest BCUT2D eigenvalue weighted by Gasteiger charge is -2.36. The van der Waals surface area contributed by atoms with Gasteiger partial charge in [0.05, 0.1) is 35.9 Å². The van der Waals surface area contributed by atoms with Gasteiger partial charge in [0, 0.05) is 0 Å². The molecule has 4 amide bonds. The van der Waals surface area contributed by atoms with Crippen LogP contribution in [0.25, 0.3) is 0 Å². The number of hydroxylamine groups is 2. The van der Waals surface area contributed by atoms with Gasteiger partial charge in [0.2, 0.25) is 0 Å². The Hall–Kier alpha value is -3.06. The van der Waals surface area contributed by atoms with Gasteiger partial charge in [0.25, 0.3) is 20.0 Å². The summed E-state index contributed by atoms with van der Waals surface area (Å²) in [6.07, 6.45) is -10.5. The van der Waals surface area contributed by atoms with Crippen LogP contribution < -0.4 is 0 Å². The monoisotopic (exact) mass is 606 g/mol. The maximum absolute atomic E-state index is 13.0. The van der Waals surface area contributed by atoms with E-state index in [0.717, 1.165) is 13.8 Å². The van der Waals surface area contributed by atoms with Crippen LogP contribution in [-0.4, -0.2) is 96.3 Å². The zero-order valence-corrected chi connectivity index (χ0v) is 25.3. The maximum atomic E-state index is 13.0. The summed E-state index contributed by atoms with van der Waals surface area (Å²) >= 11 is 0. The third-order valence-electron chi connectivity index (χ3n) is 3.71. The number of ether oxygens (including phenoxy) is 4. The van der Waals surface area contributed by atoms with Crippen molar-refractivity contribution < 1.29 is 59.9 Å². The molecule has 0 bridgehead atoms. The van der Waals surface area contributed by atoms with Crippen molar-refractivity contribution in [2.45, 2.75) is 93.7 Å². The average Bonchev–Trinajstić information content (AvgIpc) is 2.75. The summed E-state index contributed by atoms with van der Waals surface area (Å²) in [7, 11) is -9.58. The van der Waals surface area contributed by atoms with Gasteiger partial charge < -0.3 is 18.9 Å². The second-order valence-corrected chi connectivity index (χ2v) is 12.8. The van der Waals surface area contributed by atoms with Crippen LogP contribution >= 0.6 is 0 Å². The number of hydrazine groups is 2. The molecular weight excluding hydrogens is 568 g/mol. The van der Waals surface area contributed by atoms with Gasteiger partial charge in [-0.1, -0.05) is 13.8 Å². The van der Waals surface area contributed by atoms with Gasteiger partial charge in [-0.05, 0) is 79.6 Å². The van der Waals surface area contributed by atoms with Gasteiger partial charge >= 0.3 is 24.4 Å². The molecule has 17 nitrogen and oxygen atoms in total. The quantitative estimate of drug-likeness (QED) is 0.260. The molecule has 0 aliphatic heterocycles. The molecule has 0 spiro atoms. The minimum Gasteiger partial charge on any atom is -0.445 e. The Morgan fingerprint density at radius 3 is 0.949 bits per heavy atom. The van der Waals surface area contributed by atoms with E-state index in [4.69, 9.17) is 23.9 Å². The van der Waals surface area contributed by atoms with Crippen molar-refractivity contribution in [1.29, 1.82) is 0 Å². The highest BCUT2D eigenvalue weighted by atomic mass is 32.2. The maximum Gasteiger partial charge on any atom is 0.457 e. The molecule has 0 rings (SSSR count). The van der Waals surface area contributed by atoms with Crippen LogP contribution in [0.15, 0.2) is 0 Å². The molecule has 0 aromatic carbocycles. The summed E-state index contributed by atoms with van der Waals surface area (Å²) in [5, 5.41) is -0.766. The lowest BCUT2D eigenvalue weighted by Crippen LogP contribution is -2.61. The fourth-order valence-electron chi connectivity index (χ4n) is 2.19. The van der Waals surface area contributed by atoms with Crippen LogP contribution in [0.1, 0.15) is 69.2 Å². The fourth-order valence-corrected chi connectivity index (χ4v) is 3.86. The van der Waals surface area contributed by atoms with Crippen LogP contribution in [0, 0.1) is 0 Å². The van der Waals surface area contributed by atoms with Crippen molar-refractivity contribution >= 4 is 44.4 Å². The van der Waals surface area contributed by atoms with Crippen LogP contribution in [-0.2, 0) is 43.9 Å². The molecule has 0 saturated carbocycles. The molecule has 0 unspecified atom stereocenters. The highest BCUT2D eigenvalue weighted by molar-refractivity contribution is 7.89. The molecule has 0 N–H and O–H groups in total. The third-order valence-corrected chi connectivity index (χ3v) is 6.82. The van der Waals surface area contributed by atoms with E-state index >= 15 is 0 Å². The largest absolute Gasteiger partial charge is 0.457 e. The Kier molecular flexibility index (Phi) is 13.7. The summed E-state index contributed by atoms with van der Waals surface area (Å²) in [4.78, 5) is 56.8. The van der Waals surface area contributed by atoms with E-state index in [1.807, 2.05) is 0 Å². The van der Waals surface area contributed by atoms with E-state index < -0.39 is 80.3 Å². The molecule has 39 heavy (non-hydrogen) atoms. The normalized spacial score (nSPS) is 11.8. The van der Waals surface area contributed by atoms with Crippen molar-refractivity contribution in [2.24, 2.45) is 0 Å². The Balaban J connectivity index is 7.34. The van der Waals surface area contributed by atoms with E-state index in [0.29, 0.717) is 0 Å². The molecule has 0 aliphatic carbocycles. The summed E-state index contributed by atoms with van der Waals surface area (Å²) in [5.74, 6) is -1.62. The van der Waals surface area contributed by atoms with Crippen LogP contribution in [0.4, 0.5) is 19.2 Å². The third kappa shape index (κ3) is 10.9. The number of nitrogens with zero attached hydrogens (tertiary/aromatic N) is 4. The highest BCUT2D eigenvalue weighted by Crippen LogP contribution is 2.21. The van der Waals surface area contributed by atoms with Gasteiger partial charge in [-0.25, -0.2) is 36.0 Å². The van der Waals surface area contributed by atoms with E-state index in [-0.39, 0.29) is 19.2 Å². The molecule has 19 heteroatoms. The number of carbonyl (C=O) groups is 4. The zero-order valence-electron chi connectivity index (χ0n) is 23.6. The molecule has 0 heterocycles. The molecule has 0 aromatic rings. The second-order valence-electron chi connectivity index (χ2n) is 8.64. The first kappa shape index (κ1) is 35.9. The van der Waals surface area contributed by atoms with Crippen LogP contribution in [0.3, 0.4) is 0 Å². The standard InChI is InChI=1S/C20H38N4O13S2/c1-11-38(29,30)23(19(27)35-15(7)8)21(17(25)33-13(3)4)37-22(18(26)34-14(5)6)24(39(31,32)12-2)20(28)36-16(9)10/h13-16H,11-12H2,1-10H3. The van der Waals surface area contributed by atoms with Gasteiger partial charge in [0.15, 0.2) is 0 Å². The van der Waals surface area contributed by atoms with E-state index in [1.54, 1.807) is 0 Å². The second kappa shape index (κ2) is 14.9. The lowest BCUT2D eigenvalue weighted by molar-refractivity contribution is -0.365. The number of sulfonamides is 2. The average molecular weight is 607 g/mol. The zero-order chi connectivity index (χ0) is 30.9. The topological polar surface area (TPSA) is 196 Å². The molecule has 0 atom stereocenters. The number of carbonyl (C=O) groups excluding carboxylic acids is 4. The predicted octanol–water partition coefficient (Wildman–Crippen LogP) is 2.75. The van der Waals surface area contributed by atoms with Crippen LogP contribution in [0.5, 0.6) is 0 Å². The van der Waals surface area contributed by atoms with Crippen molar-refractivity contribution in [3.8, 4) is 0 Å². The van der Waals surface area contributed by atoms with Crippen molar-refractivity contribution in [2.75, 3.05) is 11.5 Å². The summed E-state index contributed by atoms with van der Waals surface area (Å²) < 4.78 is 70.8. The van der Waals surface area contributed by atoms with Gasteiger partial charge in [-0.15, -0.1) is 0 Å². The van der Waals surface area contributed by atoms with Crippen molar-refractivity contribution in [1.82, 2.24) is 19.2 Å². The van der Waals surface area contributed by atoms with E-state index in [1.165, 1.54) is 55.4 Å². The lowest BCUT2D eigenvalue weighted by atomic mass is 10.5. The van der Waals surface area contributed by atoms with Crippen molar-refractivity contribution in [3.63, 3.8) is 0 Å². The molecule has 228 valence electrons. The first-order valence-corrected chi connectivity index (χ1v) is 15.1. The number of hydrogen-bond acceptors (Lipinski definition) is 13. The number of amides is 4. The first-order chi connectivity index (χ1) is 17.7. The minimum absolute atomic E-state index is 0.322. The minimum atomic E-state index is -4.79. The van der Waals surface area contributed by atoms with Gasteiger partial charge in [0.1, 0.15) is 0 Å². The Morgan fingerprint density at radius 1 is 0.513 bits per heavy atom. The Bertz CT molecular complexity index is 991. The Morgan fingerprint density at radius 2 is 0.744 bits per heavy atom. The Labute approximate surface area is 228 Å². The molecule has 0 fully saturated rings. The molecule has 0 saturated heterocycles. The number of rotatable bonds is 10. The smallest absolute Gasteiger partial charge is 0.445 e. The van der Waals surface area contributed by atoms with Gasteiger partial charge in [-0.2, -0.15) is 0 Å². The fraction of sp³-hybridized carbons (Fsp3) is 0.800. The van der Waals surface area contributed by atoms with Crippen molar-refractivity contribution in [3.05, 3.63) is 0 Å². The summed E-state index contributed by atoms with van der Waals surface area (Å²) in [5.41, 5.74) is 0. The SMILES string of the molecule is CCS(=O)(=O)N(C(=O)OC(C)C)N(ON(C(=O)OC(C)C)N(C(=O)OC(C)C)S(=O)(=O)CC)C(=O)OC(C)C. The molecule has 0 radical (unpaired) electrons. The molecule has 0 aromatic heterocycles. The van der Waals surface area contributed by atoms with Crippen LogP contribution in [0.2, 0.25) is 0 Å². The summed E-state index contributed by atoms with van der Waals surface area (Å²) in [6.45, 7) is 13.1. The molecular formula is C20H38N4O13S2. The predicted molar refractivity (Wildman–Crippen MR) is 134 cm³/mol. The molecule has 0 aliphatic rings. The summed E-state index contributed by atoms with van der Waals surface area (Å²) in [6, 6.07) is 0. The highest BCUT2D eigenvalue weighted by Gasteiger charge is 2.47. The van der Waals surface area contributed by atoms with E-state index in [9.17, 15) is 36.0 Å². The number of hydrogen-bond donors (Lipinski definition) is 0. The van der Waals surface area contributed by atoms with Gasteiger partial charge in [-0.3, -0.25) is 0 Å². The first-order valence-electron chi connectivity index (χ1n) is 11.9. The van der Waals surface area contributed by atoms with E-state index in [2.05, 4.69) is 0 Å².